The third-order valence-electron chi connectivity index (χ3n) is 4.72. The number of nitrogens with zero attached hydrogens (tertiary/aromatic N) is 5. The van der Waals surface area contributed by atoms with Crippen LogP contribution in [0.4, 0.5) is 13.2 Å². The Balaban J connectivity index is 1.85. The quantitative estimate of drug-likeness (QED) is 0.667. The van der Waals surface area contributed by atoms with Gasteiger partial charge in [-0.25, -0.2) is 0 Å². The zero-order valence-electron chi connectivity index (χ0n) is 15.6. The van der Waals surface area contributed by atoms with Crippen LogP contribution in [0.2, 0.25) is 10.0 Å². The normalized spacial score (nSPS) is 15.7. The van der Waals surface area contributed by atoms with Crippen LogP contribution in [0.5, 0.6) is 0 Å². The SMILES string of the molecule is CCn1cc(Cl)c(CN(C)C(=O)C(C)n2nc(C(F)(F)F)c(Cl)c2C2CC2)n1. The summed E-state index contributed by atoms with van der Waals surface area (Å²) in [4.78, 5) is 14.2. The van der Waals surface area contributed by atoms with Gasteiger partial charge < -0.3 is 4.90 Å². The van der Waals surface area contributed by atoms with E-state index in [4.69, 9.17) is 23.2 Å². The number of aryl methyl sites for hydroxylation is 1. The summed E-state index contributed by atoms with van der Waals surface area (Å²) >= 11 is 12.1. The molecule has 1 aliphatic rings. The lowest BCUT2D eigenvalue weighted by molar-refractivity contribution is -0.142. The summed E-state index contributed by atoms with van der Waals surface area (Å²) in [6.45, 7) is 4.18. The van der Waals surface area contributed by atoms with Crippen LogP contribution < -0.4 is 0 Å². The average Bonchev–Trinajstić information content (AvgIpc) is 3.30. The molecule has 0 N–H and O–H groups in total. The Labute approximate surface area is 170 Å². The van der Waals surface area contributed by atoms with E-state index in [1.807, 2.05) is 6.92 Å². The van der Waals surface area contributed by atoms with Crippen LogP contribution in [0.25, 0.3) is 0 Å². The summed E-state index contributed by atoms with van der Waals surface area (Å²) < 4.78 is 42.5. The molecule has 0 bridgehead atoms. The third-order valence-corrected chi connectivity index (χ3v) is 5.41. The molecule has 1 amide bonds. The number of rotatable bonds is 6. The smallest absolute Gasteiger partial charge is 0.338 e. The summed E-state index contributed by atoms with van der Waals surface area (Å²) in [5.74, 6) is -0.511. The van der Waals surface area contributed by atoms with Crippen molar-refractivity contribution in [3.05, 3.63) is 33.3 Å². The van der Waals surface area contributed by atoms with Crippen LogP contribution in [0.3, 0.4) is 0 Å². The second-order valence-electron chi connectivity index (χ2n) is 6.91. The number of hydrogen-bond donors (Lipinski definition) is 0. The number of likely N-dealkylation sites (N-methyl/N-ethyl adjacent to an activating group) is 1. The molecule has 0 saturated heterocycles. The van der Waals surface area contributed by atoms with Crippen LogP contribution in [-0.4, -0.2) is 37.4 Å². The van der Waals surface area contributed by atoms with Gasteiger partial charge >= 0.3 is 6.18 Å². The zero-order chi connectivity index (χ0) is 20.8. The first kappa shape index (κ1) is 21.0. The van der Waals surface area contributed by atoms with Crippen molar-refractivity contribution in [2.24, 2.45) is 0 Å². The van der Waals surface area contributed by atoms with E-state index in [2.05, 4.69) is 10.2 Å². The standard InChI is InChI=1S/C17H20Cl2F3N5O/c1-4-26-7-11(18)12(23-26)8-25(3)16(28)9(2)27-14(10-5-6-10)13(19)15(24-27)17(20,21)22/h7,9-10H,4-6,8H2,1-3H3. The van der Waals surface area contributed by atoms with Gasteiger partial charge in [0.1, 0.15) is 11.7 Å². The van der Waals surface area contributed by atoms with Crippen molar-refractivity contribution in [1.82, 2.24) is 24.5 Å². The molecule has 1 unspecified atom stereocenters. The predicted molar refractivity (Wildman–Crippen MR) is 98.3 cm³/mol. The molecule has 0 radical (unpaired) electrons. The lowest BCUT2D eigenvalue weighted by Crippen LogP contribution is -2.34. The van der Waals surface area contributed by atoms with E-state index in [9.17, 15) is 18.0 Å². The fraction of sp³-hybridized carbons (Fsp3) is 0.588. The van der Waals surface area contributed by atoms with Gasteiger partial charge in [-0.05, 0) is 26.7 Å². The molecule has 0 aliphatic heterocycles. The van der Waals surface area contributed by atoms with Crippen LogP contribution in [0.15, 0.2) is 6.20 Å². The van der Waals surface area contributed by atoms with Gasteiger partial charge in [0, 0.05) is 25.7 Å². The molecular weight excluding hydrogens is 418 g/mol. The molecule has 1 saturated carbocycles. The Morgan fingerprint density at radius 3 is 2.50 bits per heavy atom. The first-order valence-electron chi connectivity index (χ1n) is 8.86. The highest BCUT2D eigenvalue weighted by Gasteiger charge is 2.43. The van der Waals surface area contributed by atoms with Crippen LogP contribution >= 0.6 is 23.2 Å². The lowest BCUT2D eigenvalue weighted by Gasteiger charge is -2.22. The second-order valence-corrected chi connectivity index (χ2v) is 7.70. The molecule has 3 rings (SSSR count). The number of hydrogen-bond acceptors (Lipinski definition) is 3. The van der Waals surface area contributed by atoms with E-state index in [-0.39, 0.29) is 18.2 Å². The van der Waals surface area contributed by atoms with E-state index in [0.29, 0.717) is 17.3 Å². The van der Waals surface area contributed by atoms with Crippen molar-refractivity contribution in [2.75, 3.05) is 7.05 Å². The summed E-state index contributed by atoms with van der Waals surface area (Å²) in [6.07, 6.45) is -1.57. The fourth-order valence-electron chi connectivity index (χ4n) is 3.06. The lowest BCUT2D eigenvalue weighted by atomic mass is 10.2. The van der Waals surface area contributed by atoms with Gasteiger partial charge in [-0.1, -0.05) is 23.2 Å². The molecule has 154 valence electrons. The van der Waals surface area contributed by atoms with E-state index in [1.165, 1.54) is 11.8 Å². The van der Waals surface area contributed by atoms with E-state index in [0.717, 1.165) is 17.5 Å². The Bertz CT molecular complexity index is 888. The molecular formula is C17H20Cl2F3N5O. The molecule has 1 fully saturated rings. The minimum Gasteiger partial charge on any atom is -0.338 e. The molecule has 1 atom stereocenters. The predicted octanol–water partition coefficient (Wildman–Crippen LogP) is 4.52. The van der Waals surface area contributed by atoms with Crippen molar-refractivity contribution in [1.29, 1.82) is 0 Å². The highest BCUT2D eigenvalue weighted by Crippen LogP contribution is 2.47. The number of halogens is 5. The number of carbonyl (C=O) groups excluding carboxylic acids is 1. The molecule has 0 aromatic carbocycles. The van der Waals surface area contributed by atoms with Crippen molar-refractivity contribution in [3.8, 4) is 0 Å². The Morgan fingerprint density at radius 2 is 2.00 bits per heavy atom. The summed E-state index contributed by atoms with van der Waals surface area (Å²) in [5.41, 5.74) is -0.358. The number of carbonyl (C=O) groups is 1. The van der Waals surface area contributed by atoms with Crippen molar-refractivity contribution in [2.45, 2.75) is 57.9 Å². The molecule has 28 heavy (non-hydrogen) atoms. The maximum absolute atomic E-state index is 13.2. The average molecular weight is 438 g/mol. The molecule has 1 aliphatic carbocycles. The topological polar surface area (TPSA) is 56.0 Å². The third kappa shape index (κ3) is 4.00. The molecule has 2 aromatic rings. The maximum atomic E-state index is 13.2. The fourth-order valence-corrected chi connectivity index (χ4v) is 3.66. The van der Waals surface area contributed by atoms with Crippen molar-refractivity contribution >= 4 is 29.1 Å². The Hall–Kier alpha value is -1.74. The van der Waals surface area contributed by atoms with Gasteiger partial charge in [-0.3, -0.25) is 14.2 Å². The van der Waals surface area contributed by atoms with Gasteiger partial charge in [-0.15, -0.1) is 0 Å². The minimum atomic E-state index is -4.68. The van der Waals surface area contributed by atoms with Crippen molar-refractivity contribution < 1.29 is 18.0 Å². The molecule has 2 aromatic heterocycles. The number of alkyl halides is 3. The molecule has 11 heteroatoms. The van der Waals surface area contributed by atoms with Crippen LogP contribution in [0.1, 0.15) is 55.7 Å². The van der Waals surface area contributed by atoms with Crippen LogP contribution in [0, 0.1) is 0 Å². The zero-order valence-corrected chi connectivity index (χ0v) is 17.1. The van der Waals surface area contributed by atoms with E-state index in [1.54, 1.807) is 17.9 Å². The van der Waals surface area contributed by atoms with Gasteiger partial charge in [0.2, 0.25) is 5.91 Å². The van der Waals surface area contributed by atoms with Crippen LogP contribution in [-0.2, 0) is 24.1 Å². The highest BCUT2D eigenvalue weighted by molar-refractivity contribution is 6.32. The maximum Gasteiger partial charge on any atom is 0.436 e. The molecule has 2 heterocycles. The summed E-state index contributed by atoms with van der Waals surface area (Å²) in [5, 5.41) is 7.95. The second kappa shape index (κ2) is 7.59. The van der Waals surface area contributed by atoms with Gasteiger partial charge in [0.25, 0.3) is 0 Å². The largest absolute Gasteiger partial charge is 0.436 e. The summed E-state index contributed by atoms with van der Waals surface area (Å²) in [6, 6.07) is -0.943. The highest BCUT2D eigenvalue weighted by atomic mass is 35.5. The van der Waals surface area contributed by atoms with Gasteiger partial charge in [0.15, 0.2) is 5.69 Å². The number of aromatic nitrogens is 4. The first-order chi connectivity index (χ1) is 13.0. The Kier molecular flexibility index (Phi) is 5.69. The first-order valence-corrected chi connectivity index (χ1v) is 9.62. The molecule has 6 nitrogen and oxygen atoms in total. The van der Waals surface area contributed by atoms with Gasteiger partial charge in [0.05, 0.1) is 22.3 Å². The van der Waals surface area contributed by atoms with E-state index >= 15 is 0 Å². The van der Waals surface area contributed by atoms with Gasteiger partial charge in [-0.2, -0.15) is 23.4 Å². The molecule has 0 spiro atoms. The monoisotopic (exact) mass is 437 g/mol. The minimum absolute atomic E-state index is 0.105. The van der Waals surface area contributed by atoms with Crippen molar-refractivity contribution in [3.63, 3.8) is 0 Å². The summed E-state index contributed by atoms with van der Waals surface area (Å²) in [7, 11) is 1.55. The Morgan fingerprint density at radius 1 is 1.36 bits per heavy atom. The number of amides is 1. The van der Waals surface area contributed by atoms with E-state index < -0.39 is 28.8 Å².